The van der Waals surface area contributed by atoms with Gasteiger partial charge in [0.15, 0.2) is 0 Å². The summed E-state index contributed by atoms with van der Waals surface area (Å²) in [5, 5.41) is 0. The third-order valence-electron chi connectivity index (χ3n) is 2.70. The Labute approximate surface area is 122 Å². The Morgan fingerprint density at radius 1 is 1.05 bits per heavy atom. The molecule has 5 nitrogen and oxygen atoms in total. The summed E-state index contributed by atoms with van der Waals surface area (Å²) in [4.78, 5) is 2.88. The number of nitrogens with zero attached hydrogens (tertiary/aromatic N) is 1. The zero-order chi connectivity index (χ0) is 14.5. The fourth-order valence-electron chi connectivity index (χ4n) is 1.53. The Hall–Kier alpha value is -0.270. The van der Waals surface area contributed by atoms with Gasteiger partial charge in [-0.15, -0.1) is 0 Å². The summed E-state index contributed by atoms with van der Waals surface area (Å²) in [6, 6.07) is 0.468. The van der Waals surface area contributed by atoms with E-state index in [2.05, 4.69) is 18.7 Å². The highest BCUT2D eigenvalue weighted by Crippen LogP contribution is 1.99. The molecule has 0 aromatic heterocycles. The van der Waals surface area contributed by atoms with Crippen LogP contribution in [-0.4, -0.2) is 69.2 Å². The fourth-order valence-corrected chi connectivity index (χ4v) is 1.62. The zero-order valence-electron chi connectivity index (χ0n) is 12.4. The first kappa shape index (κ1) is 18.7. The Bertz CT molecular complexity index is 228. The van der Waals surface area contributed by atoms with E-state index in [0.717, 1.165) is 19.5 Å². The summed E-state index contributed by atoms with van der Waals surface area (Å²) in [5.41, 5.74) is 5.52. The molecular formula is C13H28N2O3S. The standard InChI is InChI=1S/C13H28N2O3S/c1-12(2)15(5-4-13(14)19)6-7-17-10-11-18-9-8-16-3/h12H,4-11H2,1-3H3,(H2,14,19). The third-order valence-corrected chi connectivity index (χ3v) is 2.91. The van der Waals surface area contributed by atoms with Crippen molar-refractivity contribution in [3.8, 4) is 0 Å². The molecule has 0 atom stereocenters. The van der Waals surface area contributed by atoms with Crippen LogP contribution in [0.4, 0.5) is 0 Å². The van der Waals surface area contributed by atoms with Gasteiger partial charge in [0.25, 0.3) is 0 Å². The SMILES string of the molecule is COCCOCCOCCN(CCC(N)=S)C(C)C. The molecule has 0 saturated heterocycles. The van der Waals surface area contributed by atoms with E-state index in [0.29, 0.717) is 44.1 Å². The summed E-state index contributed by atoms with van der Waals surface area (Å²) < 4.78 is 15.7. The van der Waals surface area contributed by atoms with Gasteiger partial charge in [-0.2, -0.15) is 0 Å². The molecule has 0 aliphatic rings. The van der Waals surface area contributed by atoms with E-state index < -0.39 is 0 Å². The fraction of sp³-hybridized carbons (Fsp3) is 0.923. The largest absolute Gasteiger partial charge is 0.393 e. The highest BCUT2D eigenvalue weighted by molar-refractivity contribution is 7.80. The number of ether oxygens (including phenoxy) is 3. The molecule has 0 heterocycles. The molecular weight excluding hydrogens is 264 g/mol. The lowest BCUT2D eigenvalue weighted by Crippen LogP contribution is -2.36. The van der Waals surface area contributed by atoms with E-state index >= 15 is 0 Å². The molecule has 114 valence electrons. The maximum absolute atomic E-state index is 5.53. The summed E-state index contributed by atoms with van der Waals surface area (Å²) in [5.74, 6) is 0. The second kappa shape index (κ2) is 12.7. The van der Waals surface area contributed by atoms with Crippen LogP contribution in [0.15, 0.2) is 0 Å². The maximum Gasteiger partial charge on any atom is 0.0740 e. The molecule has 0 aliphatic heterocycles. The van der Waals surface area contributed by atoms with Crippen molar-refractivity contribution in [2.24, 2.45) is 5.73 Å². The van der Waals surface area contributed by atoms with E-state index in [-0.39, 0.29) is 0 Å². The topological polar surface area (TPSA) is 57.0 Å². The van der Waals surface area contributed by atoms with Gasteiger partial charge in [0.1, 0.15) is 0 Å². The predicted octanol–water partition coefficient (Wildman–Crippen LogP) is 1.05. The van der Waals surface area contributed by atoms with Gasteiger partial charge in [-0.05, 0) is 13.8 Å². The number of nitrogens with two attached hydrogens (primary N) is 1. The molecule has 2 N–H and O–H groups in total. The molecule has 0 saturated carbocycles. The first-order valence-corrected chi connectivity index (χ1v) is 7.15. The first-order chi connectivity index (χ1) is 9.07. The smallest absolute Gasteiger partial charge is 0.0740 e. The van der Waals surface area contributed by atoms with Crippen LogP contribution in [0.25, 0.3) is 0 Å². The monoisotopic (exact) mass is 292 g/mol. The number of hydrogen-bond acceptors (Lipinski definition) is 5. The molecule has 19 heavy (non-hydrogen) atoms. The predicted molar refractivity (Wildman–Crippen MR) is 81.6 cm³/mol. The number of hydrogen-bond donors (Lipinski definition) is 1. The van der Waals surface area contributed by atoms with Crippen molar-refractivity contribution >= 4 is 17.2 Å². The minimum Gasteiger partial charge on any atom is -0.393 e. The van der Waals surface area contributed by atoms with Crippen LogP contribution in [0.3, 0.4) is 0 Å². The van der Waals surface area contributed by atoms with Gasteiger partial charge >= 0.3 is 0 Å². The molecule has 0 amide bonds. The van der Waals surface area contributed by atoms with Crippen LogP contribution in [0.2, 0.25) is 0 Å². The van der Waals surface area contributed by atoms with E-state index in [1.807, 2.05) is 0 Å². The van der Waals surface area contributed by atoms with Gasteiger partial charge in [-0.1, -0.05) is 12.2 Å². The summed E-state index contributed by atoms with van der Waals surface area (Å²) in [7, 11) is 1.66. The van der Waals surface area contributed by atoms with Crippen LogP contribution in [-0.2, 0) is 14.2 Å². The average molecular weight is 292 g/mol. The second-order valence-electron chi connectivity index (χ2n) is 4.56. The van der Waals surface area contributed by atoms with Gasteiger partial charge in [0.05, 0.1) is 38.0 Å². The molecule has 6 heteroatoms. The van der Waals surface area contributed by atoms with Crippen molar-refractivity contribution in [2.75, 3.05) is 53.2 Å². The average Bonchev–Trinajstić information content (AvgIpc) is 2.35. The van der Waals surface area contributed by atoms with Crippen molar-refractivity contribution in [2.45, 2.75) is 26.3 Å². The van der Waals surface area contributed by atoms with E-state index in [1.165, 1.54) is 0 Å². The first-order valence-electron chi connectivity index (χ1n) is 6.74. The lowest BCUT2D eigenvalue weighted by molar-refractivity contribution is 0.0177. The Balaban J connectivity index is 3.51. The number of thiocarbonyl (C=S) groups is 1. The van der Waals surface area contributed by atoms with E-state index in [1.54, 1.807) is 7.11 Å². The van der Waals surface area contributed by atoms with Crippen LogP contribution in [0.1, 0.15) is 20.3 Å². The van der Waals surface area contributed by atoms with Crippen LogP contribution in [0.5, 0.6) is 0 Å². The molecule has 0 aliphatic carbocycles. The van der Waals surface area contributed by atoms with Gasteiger partial charge in [-0.3, -0.25) is 4.90 Å². The van der Waals surface area contributed by atoms with E-state index in [4.69, 9.17) is 32.2 Å². The molecule has 0 fully saturated rings. The van der Waals surface area contributed by atoms with Gasteiger partial charge < -0.3 is 19.9 Å². The molecule has 0 rings (SSSR count). The van der Waals surface area contributed by atoms with Crippen LogP contribution < -0.4 is 5.73 Å². The summed E-state index contributed by atoms with van der Waals surface area (Å²) in [6.07, 6.45) is 0.758. The normalized spacial score (nSPS) is 11.4. The van der Waals surface area contributed by atoms with Crippen molar-refractivity contribution in [3.05, 3.63) is 0 Å². The third kappa shape index (κ3) is 12.5. The quantitative estimate of drug-likeness (QED) is 0.404. The molecule has 0 bridgehead atoms. The second-order valence-corrected chi connectivity index (χ2v) is 5.09. The Morgan fingerprint density at radius 3 is 2.16 bits per heavy atom. The molecule has 0 aromatic rings. The van der Waals surface area contributed by atoms with Crippen molar-refractivity contribution in [3.63, 3.8) is 0 Å². The van der Waals surface area contributed by atoms with Gasteiger partial charge in [0, 0.05) is 32.7 Å². The van der Waals surface area contributed by atoms with Crippen LogP contribution >= 0.6 is 12.2 Å². The Morgan fingerprint density at radius 2 is 1.63 bits per heavy atom. The highest BCUT2D eigenvalue weighted by atomic mass is 32.1. The van der Waals surface area contributed by atoms with Crippen molar-refractivity contribution in [1.29, 1.82) is 0 Å². The summed E-state index contributed by atoms with van der Waals surface area (Å²) in [6.45, 7) is 9.26. The maximum atomic E-state index is 5.53. The zero-order valence-corrected chi connectivity index (χ0v) is 13.2. The molecule has 0 spiro atoms. The Kier molecular flexibility index (Phi) is 12.6. The lowest BCUT2D eigenvalue weighted by atomic mass is 10.3. The minimum absolute atomic E-state index is 0.468. The van der Waals surface area contributed by atoms with Crippen LogP contribution in [0, 0.1) is 0 Å². The lowest BCUT2D eigenvalue weighted by Gasteiger charge is -2.26. The number of rotatable bonds is 13. The van der Waals surface area contributed by atoms with Gasteiger partial charge in [-0.25, -0.2) is 0 Å². The van der Waals surface area contributed by atoms with Gasteiger partial charge in [0.2, 0.25) is 0 Å². The molecule has 0 unspecified atom stereocenters. The van der Waals surface area contributed by atoms with E-state index in [9.17, 15) is 0 Å². The molecule has 0 radical (unpaired) electrons. The summed E-state index contributed by atoms with van der Waals surface area (Å²) >= 11 is 4.90. The van der Waals surface area contributed by atoms with Crippen molar-refractivity contribution < 1.29 is 14.2 Å². The number of methoxy groups -OCH3 is 1. The minimum atomic E-state index is 0.468. The molecule has 0 aromatic carbocycles. The van der Waals surface area contributed by atoms with Crippen molar-refractivity contribution in [1.82, 2.24) is 4.90 Å². The highest BCUT2D eigenvalue weighted by Gasteiger charge is 2.09.